The van der Waals surface area contributed by atoms with Crippen LogP contribution in [0.5, 0.6) is 0 Å². The summed E-state index contributed by atoms with van der Waals surface area (Å²) in [5.74, 6) is 1.57. The fourth-order valence-electron chi connectivity index (χ4n) is 2.98. The van der Waals surface area contributed by atoms with Crippen LogP contribution in [0, 0.1) is 5.92 Å². The van der Waals surface area contributed by atoms with Gasteiger partial charge in [0.25, 0.3) is 0 Å². The highest BCUT2D eigenvalue weighted by molar-refractivity contribution is 14.0. The number of methoxy groups -OCH3 is 1. The first-order valence-electron chi connectivity index (χ1n) is 8.34. The first-order valence-corrected chi connectivity index (χ1v) is 8.34. The van der Waals surface area contributed by atoms with Crippen LogP contribution in [0.25, 0.3) is 0 Å². The Bertz CT molecular complexity index is 562. The molecule has 0 bridgehead atoms. The van der Waals surface area contributed by atoms with Crippen molar-refractivity contribution in [1.82, 2.24) is 14.8 Å². The topological polar surface area (TPSA) is 58.9 Å². The van der Waals surface area contributed by atoms with Gasteiger partial charge in [-0.2, -0.15) is 0 Å². The number of aliphatic imine (C=N–C) groups is 1. The summed E-state index contributed by atoms with van der Waals surface area (Å²) in [7, 11) is 3.59. The van der Waals surface area contributed by atoms with Gasteiger partial charge in [0.05, 0.1) is 6.61 Å². The molecule has 1 atom stereocenters. The van der Waals surface area contributed by atoms with E-state index in [0.29, 0.717) is 5.92 Å². The van der Waals surface area contributed by atoms with Crippen LogP contribution < -0.4 is 10.9 Å². The number of aromatic nitrogens is 1. The first kappa shape index (κ1) is 21.0. The zero-order valence-corrected chi connectivity index (χ0v) is 16.9. The molecule has 0 amide bonds. The van der Waals surface area contributed by atoms with E-state index >= 15 is 0 Å². The van der Waals surface area contributed by atoms with Crippen LogP contribution in [0.1, 0.15) is 19.3 Å². The number of unbranched alkanes of at least 4 members (excludes halogenated alkanes) is 1. The maximum atomic E-state index is 11.6. The van der Waals surface area contributed by atoms with Crippen LogP contribution in [-0.4, -0.2) is 55.8 Å². The molecule has 0 spiro atoms. The molecule has 136 valence electrons. The van der Waals surface area contributed by atoms with Crippen molar-refractivity contribution >= 4 is 29.9 Å². The molecule has 0 saturated carbocycles. The maximum absolute atomic E-state index is 11.6. The molecule has 7 heteroatoms. The van der Waals surface area contributed by atoms with Crippen molar-refractivity contribution in [3.05, 3.63) is 34.7 Å². The van der Waals surface area contributed by atoms with Gasteiger partial charge in [0, 0.05) is 58.5 Å². The van der Waals surface area contributed by atoms with Crippen LogP contribution in [-0.2, 0) is 11.3 Å². The maximum Gasteiger partial charge on any atom is 0.250 e. The molecule has 1 fully saturated rings. The summed E-state index contributed by atoms with van der Waals surface area (Å²) >= 11 is 0. The van der Waals surface area contributed by atoms with Gasteiger partial charge in [0.2, 0.25) is 5.56 Å². The van der Waals surface area contributed by atoms with Gasteiger partial charge < -0.3 is 19.5 Å². The summed E-state index contributed by atoms with van der Waals surface area (Å²) in [6, 6.07) is 5.27. The van der Waals surface area contributed by atoms with Crippen LogP contribution in [0.3, 0.4) is 0 Å². The lowest BCUT2D eigenvalue weighted by molar-refractivity contribution is 0.157. The van der Waals surface area contributed by atoms with Gasteiger partial charge in [-0.25, -0.2) is 0 Å². The summed E-state index contributed by atoms with van der Waals surface area (Å²) in [4.78, 5) is 18.3. The third kappa shape index (κ3) is 6.43. The van der Waals surface area contributed by atoms with Crippen molar-refractivity contribution in [1.29, 1.82) is 0 Å². The predicted octanol–water partition coefficient (Wildman–Crippen LogP) is 1.79. The molecule has 1 aromatic heterocycles. The molecule has 24 heavy (non-hydrogen) atoms. The average Bonchev–Trinajstić information content (AvgIpc) is 3.01. The Labute approximate surface area is 161 Å². The average molecular weight is 448 g/mol. The number of aryl methyl sites for hydroxylation is 1. The second-order valence-electron chi connectivity index (χ2n) is 5.97. The van der Waals surface area contributed by atoms with Crippen molar-refractivity contribution in [2.24, 2.45) is 10.9 Å². The number of hydrogen-bond acceptors (Lipinski definition) is 3. The quantitative estimate of drug-likeness (QED) is 0.299. The predicted molar refractivity (Wildman–Crippen MR) is 108 cm³/mol. The van der Waals surface area contributed by atoms with E-state index in [9.17, 15) is 4.79 Å². The zero-order valence-electron chi connectivity index (χ0n) is 14.6. The highest BCUT2D eigenvalue weighted by Crippen LogP contribution is 2.16. The van der Waals surface area contributed by atoms with Crippen molar-refractivity contribution in [2.45, 2.75) is 25.8 Å². The molecule has 0 aliphatic carbocycles. The number of rotatable bonds is 7. The third-order valence-corrected chi connectivity index (χ3v) is 4.21. The van der Waals surface area contributed by atoms with Gasteiger partial charge in [-0.15, -0.1) is 24.0 Å². The second-order valence-corrected chi connectivity index (χ2v) is 5.97. The third-order valence-electron chi connectivity index (χ3n) is 4.21. The fraction of sp³-hybridized carbons (Fsp3) is 0.647. The standard InChI is InChI=1S/C17H28N4O2.HI/c1-18-17(21-12-8-15(13-21)14-23-2)19-9-4-6-11-20-10-5-3-7-16(20)22;/h3,5,7,10,15H,4,6,8-9,11-14H2,1-2H3,(H,18,19);1H. The van der Waals surface area contributed by atoms with Crippen LogP contribution >= 0.6 is 24.0 Å². The Balaban J connectivity index is 0.00000288. The van der Waals surface area contributed by atoms with Crippen molar-refractivity contribution in [3.8, 4) is 0 Å². The van der Waals surface area contributed by atoms with E-state index in [0.717, 1.165) is 58.0 Å². The Morgan fingerprint density at radius 1 is 1.42 bits per heavy atom. The lowest BCUT2D eigenvalue weighted by Gasteiger charge is -2.21. The Hall–Kier alpha value is -1.09. The molecule has 1 saturated heterocycles. The van der Waals surface area contributed by atoms with Gasteiger partial charge in [-0.3, -0.25) is 9.79 Å². The molecule has 6 nitrogen and oxygen atoms in total. The SMILES string of the molecule is CN=C(NCCCCn1ccccc1=O)N1CCC(COC)C1.I. The summed E-state index contributed by atoms with van der Waals surface area (Å²) in [5, 5.41) is 3.42. The van der Waals surface area contributed by atoms with Gasteiger partial charge in [-0.1, -0.05) is 6.07 Å². The summed E-state index contributed by atoms with van der Waals surface area (Å²) in [5.41, 5.74) is 0.0671. The first-order chi connectivity index (χ1) is 11.2. The normalized spacial score (nSPS) is 17.7. The Kier molecular flexibility index (Phi) is 10.0. The fourth-order valence-corrected chi connectivity index (χ4v) is 2.98. The van der Waals surface area contributed by atoms with Crippen LogP contribution in [0.2, 0.25) is 0 Å². The van der Waals surface area contributed by atoms with Gasteiger partial charge in [0.15, 0.2) is 5.96 Å². The van der Waals surface area contributed by atoms with Crippen LogP contribution in [0.4, 0.5) is 0 Å². The van der Waals surface area contributed by atoms with Gasteiger partial charge in [0.1, 0.15) is 0 Å². The lowest BCUT2D eigenvalue weighted by atomic mass is 10.1. The molecule has 1 aliphatic rings. The Morgan fingerprint density at radius 2 is 2.25 bits per heavy atom. The number of nitrogens with one attached hydrogen (secondary N) is 1. The molecule has 1 N–H and O–H groups in total. The summed E-state index contributed by atoms with van der Waals surface area (Å²) in [6.07, 6.45) is 4.98. The van der Waals surface area contributed by atoms with Crippen molar-refractivity contribution < 1.29 is 4.74 Å². The molecule has 2 heterocycles. The minimum absolute atomic E-state index is 0. The number of likely N-dealkylation sites (tertiary alicyclic amines) is 1. The van der Waals surface area contributed by atoms with E-state index in [1.165, 1.54) is 0 Å². The largest absolute Gasteiger partial charge is 0.384 e. The minimum Gasteiger partial charge on any atom is -0.384 e. The summed E-state index contributed by atoms with van der Waals surface area (Å²) in [6.45, 7) is 4.50. The molecule has 2 rings (SSSR count). The number of pyridine rings is 1. The lowest BCUT2D eigenvalue weighted by Crippen LogP contribution is -2.40. The number of ether oxygens (including phenoxy) is 1. The Morgan fingerprint density at radius 3 is 2.96 bits per heavy atom. The van der Waals surface area contributed by atoms with E-state index in [2.05, 4.69) is 15.2 Å². The smallest absolute Gasteiger partial charge is 0.250 e. The van der Waals surface area contributed by atoms with Gasteiger partial charge in [-0.05, 0) is 25.3 Å². The van der Waals surface area contributed by atoms with Crippen molar-refractivity contribution in [2.75, 3.05) is 40.4 Å². The second kappa shape index (κ2) is 11.5. The van der Waals surface area contributed by atoms with E-state index in [1.807, 2.05) is 19.3 Å². The molecule has 1 unspecified atom stereocenters. The molecule has 1 aliphatic heterocycles. The number of halogens is 1. The molecule has 0 radical (unpaired) electrons. The van der Waals surface area contributed by atoms with E-state index in [1.54, 1.807) is 23.8 Å². The van der Waals surface area contributed by atoms with Crippen molar-refractivity contribution in [3.63, 3.8) is 0 Å². The van der Waals surface area contributed by atoms with E-state index < -0.39 is 0 Å². The zero-order chi connectivity index (χ0) is 16.5. The highest BCUT2D eigenvalue weighted by Gasteiger charge is 2.24. The molecule has 0 aromatic carbocycles. The summed E-state index contributed by atoms with van der Waals surface area (Å²) < 4.78 is 6.99. The molecular weight excluding hydrogens is 419 g/mol. The monoisotopic (exact) mass is 448 g/mol. The van der Waals surface area contributed by atoms with E-state index in [-0.39, 0.29) is 29.5 Å². The molecule has 1 aromatic rings. The number of nitrogens with zero attached hydrogens (tertiary/aromatic N) is 3. The highest BCUT2D eigenvalue weighted by atomic mass is 127. The number of guanidine groups is 1. The van der Waals surface area contributed by atoms with Crippen LogP contribution in [0.15, 0.2) is 34.2 Å². The number of hydrogen-bond donors (Lipinski definition) is 1. The van der Waals surface area contributed by atoms with Gasteiger partial charge >= 0.3 is 0 Å². The van der Waals surface area contributed by atoms with E-state index in [4.69, 9.17) is 4.74 Å². The molecular formula is C17H29IN4O2. The minimum atomic E-state index is 0.